The molecule has 1 rings (SSSR count). The van der Waals surface area contributed by atoms with E-state index in [9.17, 15) is 4.79 Å². The highest BCUT2D eigenvalue weighted by molar-refractivity contribution is 5.76. The van der Waals surface area contributed by atoms with E-state index in [4.69, 9.17) is 10.5 Å². The Morgan fingerprint density at radius 1 is 1.44 bits per heavy atom. The number of carbonyl (C=O) groups is 1. The van der Waals surface area contributed by atoms with Gasteiger partial charge in [-0.15, -0.1) is 0 Å². The maximum Gasteiger partial charge on any atom is 0.222 e. The van der Waals surface area contributed by atoms with Crippen molar-refractivity contribution in [3.05, 3.63) is 0 Å². The minimum absolute atomic E-state index is 0.0728. The van der Waals surface area contributed by atoms with Crippen LogP contribution in [0, 0.1) is 5.41 Å². The summed E-state index contributed by atoms with van der Waals surface area (Å²) in [7, 11) is 0. The Hall–Kier alpha value is -0.610. The summed E-state index contributed by atoms with van der Waals surface area (Å²) >= 11 is 0. The predicted octanol–water partition coefficient (Wildman–Crippen LogP) is 1.83. The highest BCUT2D eigenvalue weighted by Crippen LogP contribution is 2.34. The second-order valence-electron chi connectivity index (χ2n) is 6.02. The van der Waals surface area contributed by atoms with Gasteiger partial charge in [-0.2, -0.15) is 0 Å². The topological polar surface area (TPSA) is 64.3 Å². The lowest BCUT2D eigenvalue weighted by atomic mass is 9.75. The van der Waals surface area contributed by atoms with Crippen molar-refractivity contribution < 1.29 is 9.53 Å². The second kappa shape index (κ2) is 7.10. The van der Waals surface area contributed by atoms with Crippen LogP contribution >= 0.6 is 0 Å². The van der Waals surface area contributed by atoms with E-state index < -0.39 is 0 Å². The average molecular weight is 256 g/mol. The SMILES string of the molecule is CCOC(CN)CC(=O)NC1CCC(C)(C)CC1. The van der Waals surface area contributed by atoms with Crippen LogP contribution in [0.4, 0.5) is 0 Å². The molecule has 106 valence electrons. The number of rotatable bonds is 6. The third kappa shape index (κ3) is 5.36. The fraction of sp³-hybridized carbons (Fsp3) is 0.929. The van der Waals surface area contributed by atoms with Gasteiger partial charge in [0.2, 0.25) is 5.91 Å². The third-order valence-corrected chi connectivity index (χ3v) is 3.78. The maximum atomic E-state index is 11.9. The number of ether oxygens (including phenoxy) is 1. The van der Waals surface area contributed by atoms with Crippen molar-refractivity contribution >= 4 is 5.91 Å². The Bertz CT molecular complexity index is 257. The predicted molar refractivity (Wildman–Crippen MR) is 73.3 cm³/mol. The van der Waals surface area contributed by atoms with Crippen LogP contribution in [0.1, 0.15) is 52.9 Å². The second-order valence-corrected chi connectivity index (χ2v) is 6.02. The van der Waals surface area contributed by atoms with E-state index >= 15 is 0 Å². The minimum atomic E-state index is -0.143. The zero-order valence-corrected chi connectivity index (χ0v) is 12.0. The fourth-order valence-corrected chi connectivity index (χ4v) is 2.48. The van der Waals surface area contributed by atoms with Crippen molar-refractivity contribution in [3.63, 3.8) is 0 Å². The molecule has 1 unspecified atom stereocenters. The Balaban J connectivity index is 2.28. The highest BCUT2D eigenvalue weighted by atomic mass is 16.5. The van der Waals surface area contributed by atoms with Crippen LogP contribution in [0.2, 0.25) is 0 Å². The molecule has 1 aliphatic rings. The van der Waals surface area contributed by atoms with Gasteiger partial charge in [0.25, 0.3) is 0 Å². The van der Waals surface area contributed by atoms with E-state index in [1.54, 1.807) is 0 Å². The van der Waals surface area contributed by atoms with Crippen LogP contribution in [-0.2, 0) is 9.53 Å². The first-order chi connectivity index (χ1) is 8.46. The Morgan fingerprint density at radius 3 is 2.56 bits per heavy atom. The molecular formula is C14H28N2O2. The fourth-order valence-electron chi connectivity index (χ4n) is 2.48. The summed E-state index contributed by atoms with van der Waals surface area (Å²) in [5.74, 6) is 0.0728. The lowest BCUT2D eigenvalue weighted by Crippen LogP contribution is -2.41. The Morgan fingerprint density at radius 2 is 2.06 bits per heavy atom. The van der Waals surface area contributed by atoms with Gasteiger partial charge in [0.05, 0.1) is 12.5 Å². The molecule has 0 saturated heterocycles. The summed E-state index contributed by atoms with van der Waals surface area (Å²) in [5, 5.41) is 3.11. The number of nitrogens with two attached hydrogens (primary N) is 1. The van der Waals surface area contributed by atoms with Crippen LogP contribution in [0.5, 0.6) is 0 Å². The van der Waals surface area contributed by atoms with Gasteiger partial charge in [-0.3, -0.25) is 4.79 Å². The van der Waals surface area contributed by atoms with Gasteiger partial charge in [0.15, 0.2) is 0 Å². The molecular weight excluding hydrogens is 228 g/mol. The monoisotopic (exact) mass is 256 g/mol. The van der Waals surface area contributed by atoms with E-state index in [2.05, 4.69) is 19.2 Å². The maximum absolute atomic E-state index is 11.9. The molecule has 0 aromatic rings. The van der Waals surface area contributed by atoms with Crippen LogP contribution in [-0.4, -0.2) is 31.2 Å². The molecule has 0 aromatic heterocycles. The van der Waals surface area contributed by atoms with E-state index in [1.807, 2.05) is 6.92 Å². The summed E-state index contributed by atoms with van der Waals surface area (Å²) < 4.78 is 5.40. The number of carbonyl (C=O) groups excluding carboxylic acids is 1. The smallest absolute Gasteiger partial charge is 0.222 e. The molecule has 4 nitrogen and oxygen atoms in total. The number of nitrogens with one attached hydrogen (secondary N) is 1. The van der Waals surface area contributed by atoms with Gasteiger partial charge in [-0.1, -0.05) is 13.8 Å². The first kappa shape index (κ1) is 15.4. The molecule has 1 saturated carbocycles. The first-order valence-corrected chi connectivity index (χ1v) is 7.08. The molecule has 1 atom stereocenters. The van der Waals surface area contributed by atoms with E-state index in [0.717, 1.165) is 12.8 Å². The van der Waals surface area contributed by atoms with Gasteiger partial charge in [0.1, 0.15) is 0 Å². The van der Waals surface area contributed by atoms with Crippen LogP contribution in [0.3, 0.4) is 0 Å². The molecule has 3 N–H and O–H groups in total. The van der Waals surface area contributed by atoms with Gasteiger partial charge in [0, 0.05) is 19.2 Å². The summed E-state index contributed by atoms with van der Waals surface area (Å²) in [6.45, 7) is 7.52. The molecule has 4 heteroatoms. The zero-order chi connectivity index (χ0) is 13.6. The van der Waals surface area contributed by atoms with Crippen LogP contribution in [0.25, 0.3) is 0 Å². The number of hydrogen-bond donors (Lipinski definition) is 2. The van der Waals surface area contributed by atoms with Gasteiger partial charge in [-0.05, 0) is 38.0 Å². The van der Waals surface area contributed by atoms with Crippen LogP contribution in [0.15, 0.2) is 0 Å². The Labute approximate surface area is 111 Å². The van der Waals surface area contributed by atoms with Crippen molar-refractivity contribution in [1.29, 1.82) is 0 Å². The van der Waals surface area contributed by atoms with Gasteiger partial charge in [-0.25, -0.2) is 0 Å². The van der Waals surface area contributed by atoms with Crippen molar-refractivity contribution in [2.45, 2.75) is 65.0 Å². The normalized spacial score (nSPS) is 21.6. The lowest BCUT2D eigenvalue weighted by molar-refractivity contribution is -0.124. The average Bonchev–Trinajstić information content (AvgIpc) is 2.31. The zero-order valence-electron chi connectivity index (χ0n) is 12.0. The van der Waals surface area contributed by atoms with E-state index in [-0.39, 0.29) is 12.0 Å². The molecule has 0 spiro atoms. The van der Waals surface area contributed by atoms with Gasteiger partial charge < -0.3 is 15.8 Å². The molecule has 0 aliphatic heterocycles. The molecule has 1 fully saturated rings. The summed E-state index contributed by atoms with van der Waals surface area (Å²) in [5.41, 5.74) is 6.01. The Kier molecular flexibility index (Phi) is 6.09. The lowest BCUT2D eigenvalue weighted by Gasteiger charge is -2.34. The van der Waals surface area contributed by atoms with Crippen molar-refractivity contribution in [1.82, 2.24) is 5.32 Å². The molecule has 1 amide bonds. The van der Waals surface area contributed by atoms with Gasteiger partial charge >= 0.3 is 0 Å². The minimum Gasteiger partial charge on any atom is -0.377 e. The summed E-state index contributed by atoms with van der Waals surface area (Å²) in [6.07, 6.45) is 4.77. The molecule has 1 aliphatic carbocycles. The van der Waals surface area contributed by atoms with E-state index in [1.165, 1.54) is 12.8 Å². The molecule has 0 radical (unpaired) electrons. The molecule has 0 aromatic carbocycles. The number of hydrogen-bond acceptors (Lipinski definition) is 3. The number of amides is 1. The standard InChI is InChI=1S/C14H28N2O2/c1-4-18-12(10-15)9-13(17)16-11-5-7-14(2,3)8-6-11/h11-12H,4-10,15H2,1-3H3,(H,16,17). The highest BCUT2D eigenvalue weighted by Gasteiger charge is 2.27. The van der Waals surface area contributed by atoms with Crippen molar-refractivity contribution in [2.24, 2.45) is 11.1 Å². The van der Waals surface area contributed by atoms with Crippen molar-refractivity contribution in [2.75, 3.05) is 13.2 Å². The molecule has 0 heterocycles. The van der Waals surface area contributed by atoms with E-state index in [0.29, 0.717) is 31.0 Å². The first-order valence-electron chi connectivity index (χ1n) is 7.08. The van der Waals surface area contributed by atoms with Crippen molar-refractivity contribution in [3.8, 4) is 0 Å². The molecule has 18 heavy (non-hydrogen) atoms. The summed E-state index contributed by atoms with van der Waals surface area (Å²) in [6, 6.07) is 0.338. The summed E-state index contributed by atoms with van der Waals surface area (Å²) in [4.78, 5) is 11.9. The largest absolute Gasteiger partial charge is 0.377 e. The van der Waals surface area contributed by atoms with Crippen LogP contribution < -0.4 is 11.1 Å². The quantitative estimate of drug-likeness (QED) is 0.762. The third-order valence-electron chi connectivity index (χ3n) is 3.78. The molecule has 0 bridgehead atoms.